The lowest BCUT2D eigenvalue weighted by Gasteiger charge is -2.47. The van der Waals surface area contributed by atoms with Gasteiger partial charge in [0.1, 0.15) is 6.07 Å². The lowest BCUT2D eigenvalue weighted by atomic mass is 9.90. The molecule has 1 aromatic carbocycles. The minimum absolute atomic E-state index is 0.0958. The van der Waals surface area contributed by atoms with E-state index in [-0.39, 0.29) is 11.3 Å². The van der Waals surface area contributed by atoms with Crippen molar-refractivity contribution in [1.82, 2.24) is 0 Å². The van der Waals surface area contributed by atoms with E-state index in [1.807, 2.05) is 17.9 Å². The number of hydrogen-bond donors (Lipinski definition) is 1. The molecule has 1 fully saturated rings. The first-order chi connectivity index (χ1) is 8.49. The molecule has 1 N–H and O–H groups in total. The largest absolute Gasteiger partial charge is 0.386 e. The molecule has 1 aliphatic rings. The Balaban J connectivity index is 2.26. The molecule has 6 nitrogen and oxygen atoms in total. The maximum absolute atomic E-state index is 10.6. The fourth-order valence-electron chi connectivity index (χ4n) is 2.06. The summed E-state index contributed by atoms with van der Waals surface area (Å²) in [4.78, 5) is 12.0. The van der Waals surface area contributed by atoms with E-state index >= 15 is 0 Å². The average Bonchev–Trinajstić information content (AvgIpc) is 2.34. The topological polar surface area (TPSA) is 90.4 Å². The second-order valence-electron chi connectivity index (χ2n) is 4.50. The van der Waals surface area contributed by atoms with Crippen molar-refractivity contribution in [3.05, 3.63) is 33.9 Å². The monoisotopic (exact) mass is 247 g/mol. The van der Waals surface area contributed by atoms with Crippen molar-refractivity contribution in [1.29, 1.82) is 5.26 Å². The normalized spacial score (nSPS) is 16.8. The van der Waals surface area contributed by atoms with Gasteiger partial charge in [-0.15, -0.1) is 0 Å². The molecule has 18 heavy (non-hydrogen) atoms. The molecular weight excluding hydrogens is 234 g/mol. The van der Waals surface area contributed by atoms with Crippen LogP contribution in [0.2, 0.25) is 0 Å². The van der Waals surface area contributed by atoms with Gasteiger partial charge < -0.3 is 10.0 Å². The molecule has 1 saturated heterocycles. The number of hydrogen-bond acceptors (Lipinski definition) is 5. The molecule has 1 aliphatic heterocycles. The van der Waals surface area contributed by atoms with Gasteiger partial charge >= 0.3 is 0 Å². The molecule has 0 amide bonds. The van der Waals surface area contributed by atoms with Gasteiger partial charge in [0.2, 0.25) is 0 Å². The minimum atomic E-state index is -0.700. The standard InChI is InChI=1S/C12H13N3O3/c1-2-12(16)7-14(8-12)11-4-3-10(15(17)18)5-9(11)6-13/h3-5,16H,2,7-8H2,1H3. The zero-order valence-corrected chi connectivity index (χ0v) is 9.96. The van der Waals surface area contributed by atoms with Crippen molar-refractivity contribution >= 4 is 11.4 Å². The molecule has 0 spiro atoms. The lowest BCUT2D eigenvalue weighted by molar-refractivity contribution is -0.384. The zero-order chi connectivity index (χ0) is 13.3. The summed E-state index contributed by atoms with van der Waals surface area (Å²) in [6, 6.07) is 6.16. The first-order valence-corrected chi connectivity index (χ1v) is 5.65. The number of aliphatic hydroxyl groups is 1. The van der Waals surface area contributed by atoms with E-state index in [2.05, 4.69) is 0 Å². The Hall–Kier alpha value is -2.13. The third-order valence-electron chi connectivity index (χ3n) is 3.28. The first kappa shape index (κ1) is 12.3. The third kappa shape index (κ3) is 2.00. The molecule has 6 heteroatoms. The number of anilines is 1. The summed E-state index contributed by atoms with van der Waals surface area (Å²) in [5, 5.41) is 29.6. The number of rotatable bonds is 3. The van der Waals surface area contributed by atoms with Gasteiger partial charge in [-0.25, -0.2) is 0 Å². The highest BCUT2D eigenvalue weighted by molar-refractivity contribution is 5.64. The van der Waals surface area contributed by atoms with E-state index in [0.29, 0.717) is 25.2 Å². The highest BCUT2D eigenvalue weighted by Gasteiger charge is 2.40. The number of non-ortho nitro benzene ring substituents is 1. The van der Waals surface area contributed by atoms with Gasteiger partial charge in [-0.1, -0.05) is 6.92 Å². The van der Waals surface area contributed by atoms with Gasteiger partial charge in [-0.2, -0.15) is 5.26 Å². The van der Waals surface area contributed by atoms with Crippen LogP contribution in [0.15, 0.2) is 18.2 Å². The Morgan fingerprint density at radius 1 is 1.61 bits per heavy atom. The maximum Gasteiger partial charge on any atom is 0.270 e. The van der Waals surface area contributed by atoms with Crippen LogP contribution in [-0.4, -0.2) is 28.7 Å². The van der Waals surface area contributed by atoms with Gasteiger partial charge in [0.15, 0.2) is 0 Å². The van der Waals surface area contributed by atoms with Gasteiger partial charge in [-0.05, 0) is 12.5 Å². The summed E-state index contributed by atoms with van der Waals surface area (Å²) in [6.45, 7) is 2.81. The summed E-state index contributed by atoms with van der Waals surface area (Å²) in [7, 11) is 0. The zero-order valence-electron chi connectivity index (χ0n) is 9.96. The van der Waals surface area contributed by atoms with Crippen LogP contribution in [0.25, 0.3) is 0 Å². The van der Waals surface area contributed by atoms with E-state index in [0.717, 1.165) is 0 Å². The van der Waals surface area contributed by atoms with Crippen molar-refractivity contribution in [2.75, 3.05) is 18.0 Å². The SMILES string of the molecule is CCC1(O)CN(c2ccc([N+](=O)[O-])cc2C#N)C1. The van der Waals surface area contributed by atoms with Crippen LogP contribution in [-0.2, 0) is 0 Å². The molecule has 0 atom stereocenters. The number of nitro groups is 1. The summed E-state index contributed by atoms with van der Waals surface area (Å²) in [5.41, 5.74) is 0.110. The Bertz CT molecular complexity index is 530. The first-order valence-electron chi connectivity index (χ1n) is 5.65. The molecule has 0 radical (unpaired) electrons. The van der Waals surface area contributed by atoms with E-state index < -0.39 is 10.5 Å². The highest BCUT2D eigenvalue weighted by atomic mass is 16.6. The number of nitriles is 1. The van der Waals surface area contributed by atoms with Gasteiger partial charge in [0, 0.05) is 25.2 Å². The van der Waals surface area contributed by atoms with E-state index in [1.165, 1.54) is 12.1 Å². The van der Waals surface area contributed by atoms with Crippen LogP contribution in [0.3, 0.4) is 0 Å². The Morgan fingerprint density at radius 2 is 2.28 bits per heavy atom. The summed E-state index contributed by atoms with van der Waals surface area (Å²) in [6.07, 6.45) is 0.651. The predicted octanol–water partition coefficient (Wildman–Crippen LogP) is 1.43. The average molecular weight is 247 g/mol. The van der Waals surface area contributed by atoms with E-state index in [1.54, 1.807) is 6.07 Å². The molecule has 0 unspecified atom stereocenters. The predicted molar refractivity (Wildman–Crippen MR) is 65.3 cm³/mol. The molecule has 2 rings (SSSR count). The molecule has 0 bridgehead atoms. The van der Waals surface area contributed by atoms with Crippen molar-refractivity contribution in [3.63, 3.8) is 0 Å². The minimum Gasteiger partial charge on any atom is -0.386 e. The number of β-amino-alcohol motifs (C(OH)–C–C–N with tert-alkyl or cyclic N) is 1. The van der Waals surface area contributed by atoms with Gasteiger partial charge in [0.25, 0.3) is 5.69 Å². The van der Waals surface area contributed by atoms with Crippen molar-refractivity contribution in [2.24, 2.45) is 0 Å². The molecule has 1 heterocycles. The third-order valence-corrected chi connectivity index (χ3v) is 3.28. The van der Waals surface area contributed by atoms with Crippen LogP contribution < -0.4 is 4.90 Å². The van der Waals surface area contributed by atoms with Crippen LogP contribution in [0, 0.1) is 21.4 Å². The van der Waals surface area contributed by atoms with Crippen LogP contribution in [0.1, 0.15) is 18.9 Å². The second kappa shape index (κ2) is 4.27. The fraction of sp³-hybridized carbons (Fsp3) is 0.417. The quantitative estimate of drug-likeness (QED) is 0.644. The second-order valence-corrected chi connectivity index (χ2v) is 4.50. The number of benzene rings is 1. The summed E-state index contributed by atoms with van der Waals surface area (Å²) < 4.78 is 0. The Labute approximate surface area is 104 Å². The molecule has 0 aliphatic carbocycles. The van der Waals surface area contributed by atoms with Crippen LogP contribution >= 0.6 is 0 Å². The molecule has 0 saturated carbocycles. The summed E-state index contributed by atoms with van der Waals surface area (Å²) >= 11 is 0. The smallest absolute Gasteiger partial charge is 0.270 e. The number of nitro benzene ring substituents is 1. The van der Waals surface area contributed by atoms with Gasteiger partial charge in [0.05, 0.1) is 21.8 Å². The molecule has 94 valence electrons. The van der Waals surface area contributed by atoms with Crippen molar-refractivity contribution in [3.8, 4) is 6.07 Å². The molecular formula is C12H13N3O3. The number of nitrogens with zero attached hydrogens (tertiary/aromatic N) is 3. The Kier molecular flexibility index (Phi) is 2.93. The van der Waals surface area contributed by atoms with Crippen LogP contribution in [0.4, 0.5) is 11.4 Å². The van der Waals surface area contributed by atoms with E-state index in [4.69, 9.17) is 5.26 Å². The highest BCUT2D eigenvalue weighted by Crippen LogP contribution is 2.33. The fourth-order valence-corrected chi connectivity index (χ4v) is 2.06. The molecule has 1 aromatic rings. The van der Waals surface area contributed by atoms with Crippen molar-refractivity contribution in [2.45, 2.75) is 18.9 Å². The Morgan fingerprint density at radius 3 is 2.78 bits per heavy atom. The van der Waals surface area contributed by atoms with E-state index in [9.17, 15) is 15.2 Å². The maximum atomic E-state index is 10.6. The molecule has 0 aromatic heterocycles. The lowest BCUT2D eigenvalue weighted by Crippen LogP contribution is -2.61. The summed E-state index contributed by atoms with van der Waals surface area (Å²) in [5.74, 6) is 0. The van der Waals surface area contributed by atoms with Crippen LogP contribution in [0.5, 0.6) is 0 Å². The van der Waals surface area contributed by atoms with Crippen molar-refractivity contribution < 1.29 is 10.0 Å². The van der Waals surface area contributed by atoms with Gasteiger partial charge in [-0.3, -0.25) is 10.1 Å².